The molecular formula is C21H20N4O3S3. The normalized spacial score (nSPS) is 11.6. The molecule has 0 saturated carbocycles. The van der Waals surface area contributed by atoms with E-state index < -0.39 is 10.0 Å². The Bertz CT molecular complexity index is 1420. The fourth-order valence-corrected chi connectivity index (χ4v) is 6.48. The molecule has 10 heteroatoms. The minimum atomic E-state index is -3.81. The van der Waals surface area contributed by atoms with Crippen LogP contribution in [0.25, 0.3) is 10.2 Å². The second-order valence-electron chi connectivity index (χ2n) is 7.20. The number of benzene rings is 2. The van der Waals surface area contributed by atoms with Gasteiger partial charge in [0.15, 0.2) is 10.3 Å². The van der Waals surface area contributed by atoms with Gasteiger partial charge in [-0.3, -0.25) is 14.8 Å². The number of anilines is 2. The predicted molar refractivity (Wildman–Crippen MR) is 126 cm³/mol. The van der Waals surface area contributed by atoms with Gasteiger partial charge in [0.1, 0.15) is 4.88 Å². The first-order valence-corrected chi connectivity index (χ1v) is 12.5. The number of nitrogens with one attached hydrogen (secondary N) is 2. The second kappa shape index (κ2) is 8.03. The number of carbonyl (C=O) groups is 1. The molecule has 0 radical (unpaired) electrons. The van der Waals surface area contributed by atoms with Crippen molar-refractivity contribution in [3.63, 3.8) is 0 Å². The molecule has 4 rings (SSSR count). The minimum absolute atomic E-state index is 0.141. The summed E-state index contributed by atoms with van der Waals surface area (Å²) in [7, 11) is -3.81. The maximum absolute atomic E-state index is 12.8. The molecule has 2 heterocycles. The van der Waals surface area contributed by atoms with Crippen molar-refractivity contribution < 1.29 is 13.2 Å². The third-order valence-corrected chi connectivity index (χ3v) is 8.32. The lowest BCUT2D eigenvalue weighted by Gasteiger charge is -2.08. The summed E-state index contributed by atoms with van der Waals surface area (Å²) in [6.45, 7) is 7.28. The number of carbonyl (C=O) groups excluding carboxylic acids is 1. The average Bonchev–Trinajstić information content (AvgIpc) is 3.24. The van der Waals surface area contributed by atoms with Crippen LogP contribution in [0.2, 0.25) is 0 Å². The summed E-state index contributed by atoms with van der Waals surface area (Å²) in [6.07, 6.45) is 0. The number of fused-ring (bicyclic) bond motifs is 1. The number of sulfonamides is 1. The van der Waals surface area contributed by atoms with Crippen LogP contribution in [0, 0.1) is 27.7 Å². The highest BCUT2D eigenvalue weighted by molar-refractivity contribution is 7.93. The van der Waals surface area contributed by atoms with Gasteiger partial charge in [-0.05, 0) is 51.0 Å². The summed E-state index contributed by atoms with van der Waals surface area (Å²) in [5, 5.41) is 3.43. The molecule has 4 aromatic rings. The van der Waals surface area contributed by atoms with Crippen LogP contribution in [0.5, 0.6) is 0 Å². The van der Waals surface area contributed by atoms with Gasteiger partial charge in [0.25, 0.3) is 15.9 Å². The Balaban J connectivity index is 1.56. The van der Waals surface area contributed by atoms with Gasteiger partial charge in [-0.25, -0.2) is 18.4 Å². The van der Waals surface area contributed by atoms with Gasteiger partial charge in [-0.15, -0.1) is 0 Å². The molecule has 160 valence electrons. The van der Waals surface area contributed by atoms with Crippen molar-refractivity contribution in [1.82, 2.24) is 9.97 Å². The Kier molecular flexibility index (Phi) is 5.54. The molecule has 0 bridgehead atoms. The van der Waals surface area contributed by atoms with Gasteiger partial charge < -0.3 is 0 Å². The molecule has 0 aliphatic carbocycles. The highest BCUT2D eigenvalue weighted by Gasteiger charge is 2.22. The van der Waals surface area contributed by atoms with Gasteiger partial charge in [0.2, 0.25) is 0 Å². The first kappa shape index (κ1) is 21.4. The third kappa shape index (κ3) is 4.32. The van der Waals surface area contributed by atoms with E-state index in [9.17, 15) is 13.2 Å². The molecule has 2 N–H and O–H groups in total. The van der Waals surface area contributed by atoms with Crippen LogP contribution >= 0.6 is 22.7 Å². The van der Waals surface area contributed by atoms with Crippen molar-refractivity contribution >= 4 is 59.1 Å². The van der Waals surface area contributed by atoms with Gasteiger partial charge in [0, 0.05) is 0 Å². The highest BCUT2D eigenvalue weighted by atomic mass is 32.2. The van der Waals surface area contributed by atoms with Gasteiger partial charge in [0.05, 0.1) is 20.8 Å². The van der Waals surface area contributed by atoms with E-state index >= 15 is 0 Å². The Morgan fingerprint density at radius 1 is 0.935 bits per heavy atom. The van der Waals surface area contributed by atoms with E-state index in [1.165, 1.54) is 11.3 Å². The van der Waals surface area contributed by atoms with E-state index in [2.05, 4.69) is 20.0 Å². The van der Waals surface area contributed by atoms with Crippen LogP contribution in [0.15, 0.2) is 41.3 Å². The van der Waals surface area contributed by atoms with E-state index in [-0.39, 0.29) is 15.9 Å². The van der Waals surface area contributed by atoms with Gasteiger partial charge in [-0.2, -0.15) is 0 Å². The molecule has 2 aromatic heterocycles. The molecule has 0 fully saturated rings. The largest absolute Gasteiger partial charge is 0.297 e. The molecule has 1 amide bonds. The highest BCUT2D eigenvalue weighted by Crippen LogP contribution is 2.30. The number of aromatic nitrogens is 2. The number of hydrogen-bond donors (Lipinski definition) is 2. The lowest BCUT2D eigenvalue weighted by molar-refractivity contribution is 0.103. The van der Waals surface area contributed by atoms with Crippen molar-refractivity contribution in [2.75, 3.05) is 10.0 Å². The summed E-state index contributed by atoms with van der Waals surface area (Å²) in [4.78, 5) is 22.0. The molecule has 2 aromatic carbocycles. The van der Waals surface area contributed by atoms with Crippen LogP contribution < -0.4 is 10.0 Å². The van der Waals surface area contributed by atoms with Crippen molar-refractivity contribution in [3.8, 4) is 0 Å². The predicted octanol–water partition coefficient (Wildman–Crippen LogP) is 5.04. The zero-order chi connectivity index (χ0) is 22.3. The maximum Gasteiger partial charge on any atom is 0.269 e. The van der Waals surface area contributed by atoms with Crippen molar-refractivity contribution in [3.05, 3.63) is 63.7 Å². The number of nitrogens with zero attached hydrogens (tertiary/aromatic N) is 2. The first-order valence-electron chi connectivity index (χ1n) is 9.39. The lowest BCUT2D eigenvalue weighted by Crippen LogP contribution is -2.14. The molecule has 0 saturated heterocycles. The van der Waals surface area contributed by atoms with E-state index in [0.29, 0.717) is 21.3 Å². The molecule has 7 nitrogen and oxygen atoms in total. The van der Waals surface area contributed by atoms with Crippen LogP contribution in [-0.2, 0) is 10.0 Å². The standard InChI is InChI=1S/C21H20N4O3S3/c1-11-8-9-16(13(3)10-11)31(27,28)25-21-22-14(4)18(30-21)19(26)24-20-23-17-12(2)6-5-7-15(17)29-20/h5-10H,1-4H3,(H,22,25)(H,23,24,26). The lowest BCUT2D eigenvalue weighted by atomic mass is 10.2. The Hall–Kier alpha value is -2.82. The van der Waals surface area contributed by atoms with Crippen molar-refractivity contribution in [1.29, 1.82) is 0 Å². The molecule has 0 aliphatic rings. The Labute approximate surface area is 188 Å². The van der Waals surface area contributed by atoms with E-state index in [1.807, 2.05) is 32.0 Å². The summed E-state index contributed by atoms with van der Waals surface area (Å²) >= 11 is 2.38. The summed E-state index contributed by atoms with van der Waals surface area (Å²) in [5.41, 5.74) is 3.95. The van der Waals surface area contributed by atoms with Gasteiger partial charge in [-0.1, -0.05) is 52.5 Å². The summed E-state index contributed by atoms with van der Waals surface area (Å²) in [6, 6.07) is 11.0. The quantitative estimate of drug-likeness (QED) is 0.424. The number of amides is 1. The smallest absolute Gasteiger partial charge is 0.269 e. The summed E-state index contributed by atoms with van der Waals surface area (Å²) in [5.74, 6) is -0.372. The minimum Gasteiger partial charge on any atom is -0.297 e. The number of rotatable bonds is 5. The fraction of sp³-hybridized carbons (Fsp3) is 0.190. The van der Waals surface area contributed by atoms with Crippen molar-refractivity contribution in [2.24, 2.45) is 0 Å². The van der Waals surface area contributed by atoms with E-state index in [1.54, 1.807) is 32.0 Å². The monoisotopic (exact) mass is 472 g/mol. The third-order valence-electron chi connectivity index (χ3n) is 4.69. The van der Waals surface area contributed by atoms with E-state index in [4.69, 9.17) is 0 Å². The number of aryl methyl sites for hydroxylation is 4. The molecule has 0 atom stereocenters. The zero-order valence-corrected chi connectivity index (χ0v) is 19.8. The number of para-hydroxylation sites is 1. The van der Waals surface area contributed by atoms with Crippen LogP contribution in [0.4, 0.5) is 10.3 Å². The average molecular weight is 473 g/mol. The van der Waals surface area contributed by atoms with E-state index in [0.717, 1.165) is 32.7 Å². The molecule has 31 heavy (non-hydrogen) atoms. The Morgan fingerprint density at radius 2 is 1.71 bits per heavy atom. The number of thiazole rings is 2. The van der Waals surface area contributed by atoms with Crippen LogP contribution in [0.1, 0.15) is 32.1 Å². The topological polar surface area (TPSA) is 101 Å². The molecule has 0 unspecified atom stereocenters. The molecule has 0 aliphatic heterocycles. The van der Waals surface area contributed by atoms with Crippen LogP contribution in [-0.4, -0.2) is 24.3 Å². The number of hydrogen-bond acceptors (Lipinski definition) is 7. The summed E-state index contributed by atoms with van der Waals surface area (Å²) < 4.78 is 29.1. The molecule has 0 spiro atoms. The van der Waals surface area contributed by atoms with Crippen LogP contribution in [0.3, 0.4) is 0 Å². The zero-order valence-electron chi connectivity index (χ0n) is 17.3. The Morgan fingerprint density at radius 3 is 2.42 bits per heavy atom. The first-order chi connectivity index (χ1) is 14.6. The maximum atomic E-state index is 12.8. The van der Waals surface area contributed by atoms with Crippen molar-refractivity contribution in [2.45, 2.75) is 32.6 Å². The fourth-order valence-electron chi connectivity index (χ4n) is 3.22. The molecular weight excluding hydrogens is 452 g/mol. The van der Waals surface area contributed by atoms with Gasteiger partial charge >= 0.3 is 0 Å². The SMILES string of the molecule is Cc1ccc(S(=O)(=O)Nc2nc(C)c(C(=O)Nc3nc4c(C)cccc4s3)s2)c(C)c1. The second-order valence-corrected chi connectivity index (χ2v) is 10.9.